The maximum absolute atomic E-state index is 11.1. The van der Waals surface area contributed by atoms with Crippen LogP contribution in [0, 0.1) is 6.92 Å². The molecule has 1 aromatic heterocycles. The quantitative estimate of drug-likeness (QED) is 0.871. The normalized spacial score (nSPS) is 10.2. The van der Waals surface area contributed by atoms with Crippen LogP contribution in [-0.4, -0.2) is 17.4 Å². The number of aryl methyl sites for hydroxylation is 1. The van der Waals surface area contributed by atoms with Crippen LogP contribution >= 0.6 is 11.3 Å². The lowest BCUT2D eigenvalue weighted by molar-refractivity contribution is -0.114. The largest absolute Gasteiger partial charge is 0.322 e. The van der Waals surface area contributed by atoms with Gasteiger partial charge in [-0.3, -0.25) is 4.79 Å². The Morgan fingerprint density at radius 3 is 2.76 bits per heavy atom. The number of amides is 1. The van der Waals surface area contributed by atoms with Crippen LogP contribution in [0.2, 0.25) is 0 Å². The third-order valence-corrected chi connectivity index (χ3v) is 3.04. The van der Waals surface area contributed by atoms with Crippen LogP contribution in [0.4, 0.5) is 5.13 Å². The molecule has 0 atom stereocenters. The maximum atomic E-state index is 11.1. The molecule has 0 radical (unpaired) electrons. The summed E-state index contributed by atoms with van der Waals surface area (Å²) in [5.41, 5.74) is 8.33. The molecule has 0 aliphatic rings. The van der Waals surface area contributed by atoms with Gasteiger partial charge in [-0.25, -0.2) is 4.98 Å². The second-order valence-electron chi connectivity index (χ2n) is 3.66. The average Bonchev–Trinajstić information content (AvgIpc) is 2.78. The van der Waals surface area contributed by atoms with Crippen LogP contribution in [0.15, 0.2) is 29.6 Å². The first-order valence-corrected chi connectivity index (χ1v) is 6.09. The highest BCUT2D eigenvalue weighted by Crippen LogP contribution is 2.24. The summed E-state index contributed by atoms with van der Waals surface area (Å²) in [5.74, 6) is -0.227. The minimum absolute atomic E-state index is 0.0283. The summed E-state index contributed by atoms with van der Waals surface area (Å²) in [6.07, 6.45) is 0. The Morgan fingerprint density at radius 1 is 1.41 bits per heavy atom. The van der Waals surface area contributed by atoms with Gasteiger partial charge in [-0.05, 0) is 6.92 Å². The summed E-state index contributed by atoms with van der Waals surface area (Å²) in [4.78, 5) is 15.4. The Labute approximate surface area is 103 Å². The molecule has 0 spiro atoms. The predicted molar refractivity (Wildman–Crippen MR) is 70.0 cm³/mol. The molecule has 0 saturated carbocycles. The fourth-order valence-electron chi connectivity index (χ4n) is 1.36. The highest BCUT2D eigenvalue weighted by atomic mass is 32.1. The van der Waals surface area contributed by atoms with E-state index in [1.165, 1.54) is 16.9 Å². The van der Waals surface area contributed by atoms with Gasteiger partial charge in [0.05, 0.1) is 12.2 Å². The molecule has 0 fully saturated rings. The van der Waals surface area contributed by atoms with E-state index >= 15 is 0 Å². The molecule has 0 saturated heterocycles. The Morgan fingerprint density at radius 2 is 2.12 bits per heavy atom. The van der Waals surface area contributed by atoms with Crippen LogP contribution < -0.4 is 11.1 Å². The van der Waals surface area contributed by atoms with E-state index in [1.54, 1.807) is 0 Å². The summed E-state index contributed by atoms with van der Waals surface area (Å²) in [6.45, 7) is 2.01. The first-order valence-electron chi connectivity index (χ1n) is 5.21. The molecular formula is C12H13N3OS. The van der Waals surface area contributed by atoms with Crippen molar-refractivity contribution in [2.45, 2.75) is 6.92 Å². The Hall–Kier alpha value is -1.72. The monoisotopic (exact) mass is 247 g/mol. The van der Waals surface area contributed by atoms with Crippen molar-refractivity contribution < 1.29 is 4.79 Å². The lowest BCUT2D eigenvalue weighted by Gasteiger charge is -1.98. The summed E-state index contributed by atoms with van der Waals surface area (Å²) < 4.78 is 0. The van der Waals surface area contributed by atoms with Crippen molar-refractivity contribution in [2.75, 3.05) is 11.9 Å². The molecule has 0 aliphatic carbocycles. The zero-order chi connectivity index (χ0) is 12.3. The summed E-state index contributed by atoms with van der Waals surface area (Å²) in [5, 5.41) is 5.13. The lowest BCUT2D eigenvalue weighted by Crippen LogP contribution is -2.21. The van der Waals surface area contributed by atoms with E-state index in [-0.39, 0.29) is 12.5 Å². The second-order valence-corrected chi connectivity index (χ2v) is 4.51. The van der Waals surface area contributed by atoms with E-state index in [9.17, 15) is 4.79 Å². The summed E-state index contributed by atoms with van der Waals surface area (Å²) in [7, 11) is 0. The van der Waals surface area contributed by atoms with Gasteiger partial charge in [-0.1, -0.05) is 29.8 Å². The summed E-state index contributed by atoms with van der Waals surface area (Å²) in [6, 6.07) is 8.09. The van der Waals surface area contributed by atoms with Crippen LogP contribution in [0.1, 0.15) is 5.56 Å². The van der Waals surface area contributed by atoms with Crippen LogP contribution in [0.5, 0.6) is 0 Å². The number of aromatic nitrogens is 1. The fourth-order valence-corrected chi connectivity index (χ4v) is 2.09. The maximum Gasteiger partial charge on any atom is 0.239 e. The van der Waals surface area contributed by atoms with Crippen molar-refractivity contribution >= 4 is 22.4 Å². The van der Waals surface area contributed by atoms with E-state index in [4.69, 9.17) is 5.73 Å². The molecule has 1 heterocycles. The molecule has 5 heteroatoms. The number of benzene rings is 1. The third-order valence-electron chi connectivity index (χ3n) is 2.28. The smallest absolute Gasteiger partial charge is 0.239 e. The first kappa shape index (κ1) is 11.8. The van der Waals surface area contributed by atoms with Crippen LogP contribution in [-0.2, 0) is 4.79 Å². The molecule has 2 aromatic rings. The van der Waals surface area contributed by atoms with Crippen molar-refractivity contribution in [3.63, 3.8) is 0 Å². The van der Waals surface area contributed by atoms with E-state index in [1.807, 2.05) is 36.6 Å². The van der Waals surface area contributed by atoms with Crippen molar-refractivity contribution in [2.24, 2.45) is 5.73 Å². The zero-order valence-corrected chi connectivity index (χ0v) is 10.3. The molecule has 3 N–H and O–H groups in total. The molecule has 0 aliphatic heterocycles. The number of hydrogen-bond donors (Lipinski definition) is 2. The summed E-state index contributed by atoms with van der Waals surface area (Å²) >= 11 is 1.39. The van der Waals surface area contributed by atoms with Gasteiger partial charge < -0.3 is 11.1 Å². The number of nitrogens with one attached hydrogen (secondary N) is 1. The number of anilines is 1. The molecular weight excluding hydrogens is 234 g/mol. The number of nitrogens with two attached hydrogens (primary N) is 1. The molecule has 0 unspecified atom stereocenters. The first-order chi connectivity index (χ1) is 8.19. The number of carbonyl (C=O) groups is 1. The molecule has 4 nitrogen and oxygen atoms in total. The van der Waals surface area contributed by atoms with E-state index in [2.05, 4.69) is 10.3 Å². The number of rotatable bonds is 3. The van der Waals surface area contributed by atoms with Gasteiger partial charge in [0, 0.05) is 10.9 Å². The van der Waals surface area contributed by atoms with Crippen molar-refractivity contribution in [3.8, 4) is 11.3 Å². The number of nitrogens with zero attached hydrogens (tertiary/aromatic N) is 1. The molecule has 0 bridgehead atoms. The lowest BCUT2D eigenvalue weighted by atomic mass is 10.1. The van der Waals surface area contributed by atoms with E-state index < -0.39 is 0 Å². The minimum Gasteiger partial charge on any atom is -0.322 e. The van der Waals surface area contributed by atoms with Crippen molar-refractivity contribution in [3.05, 3.63) is 35.2 Å². The predicted octanol–water partition coefficient (Wildman–Crippen LogP) is 2.02. The van der Waals surface area contributed by atoms with Gasteiger partial charge in [-0.15, -0.1) is 11.3 Å². The van der Waals surface area contributed by atoms with E-state index in [0.717, 1.165) is 11.3 Å². The number of thiazole rings is 1. The average molecular weight is 247 g/mol. The molecule has 1 amide bonds. The Balaban J connectivity index is 2.18. The van der Waals surface area contributed by atoms with Gasteiger partial charge in [0.25, 0.3) is 0 Å². The molecule has 2 rings (SSSR count). The highest BCUT2D eigenvalue weighted by Gasteiger charge is 2.06. The minimum atomic E-state index is -0.227. The second kappa shape index (κ2) is 5.07. The zero-order valence-electron chi connectivity index (χ0n) is 9.43. The van der Waals surface area contributed by atoms with Gasteiger partial charge in [-0.2, -0.15) is 0 Å². The van der Waals surface area contributed by atoms with Gasteiger partial charge in [0.2, 0.25) is 5.91 Å². The van der Waals surface area contributed by atoms with Crippen LogP contribution in [0.3, 0.4) is 0 Å². The molecule has 17 heavy (non-hydrogen) atoms. The van der Waals surface area contributed by atoms with Gasteiger partial charge in [0.1, 0.15) is 0 Å². The standard InChI is InChI=1S/C12H13N3OS/c1-8-2-4-9(5-3-8)10-7-17-12(14-10)15-11(16)6-13/h2-5,7H,6,13H2,1H3,(H,14,15,16). The fraction of sp³-hybridized carbons (Fsp3) is 0.167. The van der Waals surface area contributed by atoms with Gasteiger partial charge in [0.15, 0.2) is 5.13 Å². The van der Waals surface area contributed by atoms with E-state index in [0.29, 0.717) is 5.13 Å². The molecule has 88 valence electrons. The molecule has 1 aromatic carbocycles. The Bertz CT molecular complexity index is 519. The number of hydrogen-bond acceptors (Lipinski definition) is 4. The third kappa shape index (κ3) is 2.89. The van der Waals surface area contributed by atoms with Crippen molar-refractivity contribution in [1.29, 1.82) is 0 Å². The highest BCUT2D eigenvalue weighted by molar-refractivity contribution is 7.14. The topological polar surface area (TPSA) is 68.0 Å². The van der Waals surface area contributed by atoms with Gasteiger partial charge >= 0.3 is 0 Å². The SMILES string of the molecule is Cc1ccc(-c2csc(NC(=O)CN)n2)cc1. The number of carbonyl (C=O) groups excluding carboxylic acids is 1. The van der Waals surface area contributed by atoms with Crippen molar-refractivity contribution in [1.82, 2.24) is 4.98 Å². The Kier molecular flexibility index (Phi) is 3.51. The van der Waals surface area contributed by atoms with Crippen LogP contribution in [0.25, 0.3) is 11.3 Å².